The molecule has 1 N–H and O–H groups in total. The van der Waals surface area contributed by atoms with Gasteiger partial charge in [-0.3, -0.25) is 9.69 Å². The largest absolute Gasteiger partial charge is 0.336 e. The van der Waals surface area contributed by atoms with Crippen LogP contribution in [0.2, 0.25) is 0 Å². The first kappa shape index (κ1) is 17.9. The van der Waals surface area contributed by atoms with Crippen LogP contribution in [-0.4, -0.2) is 45.1 Å². The van der Waals surface area contributed by atoms with Crippen molar-refractivity contribution in [2.24, 2.45) is 0 Å². The van der Waals surface area contributed by atoms with Crippen LogP contribution in [0, 0.1) is 5.82 Å². The standard InChI is InChI=1S/C18H15FN4O2S2/c1-10(17(24)23-7-6-20-18(23)25)26-16-15-13(21-9-22-16)8-14(27-15)11-2-4-12(19)5-3-11/h2-5,8-10H,6-7H2,1H3,(H,20,25). The summed E-state index contributed by atoms with van der Waals surface area (Å²) in [5, 5.41) is 2.87. The highest BCUT2D eigenvalue weighted by Gasteiger charge is 2.30. The predicted octanol–water partition coefficient (Wildman–Crippen LogP) is 3.53. The number of benzene rings is 1. The molecule has 1 aliphatic rings. The van der Waals surface area contributed by atoms with Gasteiger partial charge in [-0.25, -0.2) is 19.2 Å². The highest BCUT2D eigenvalue weighted by Crippen LogP contribution is 2.38. The van der Waals surface area contributed by atoms with Gasteiger partial charge in [-0.15, -0.1) is 11.3 Å². The number of thiophene rings is 1. The summed E-state index contributed by atoms with van der Waals surface area (Å²) in [6.45, 7) is 2.63. The lowest BCUT2D eigenvalue weighted by atomic mass is 10.2. The number of urea groups is 1. The first-order valence-electron chi connectivity index (χ1n) is 8.29. The van der Waals surface area contributed by atoms with Crippen LogP contribution in [0.15, 0.2) is 41.7 Å². The number of hydrogen-bond acceptors (Lipinski definition) is 6. The number of carbonyl (C=O) groups is 2. The molecule has 1 aromatic carbocycles. The zero-order valence-electron chi connectivity index (χ0n) is 14.3. The fraction of sp³-hybridized carbons (Fsp3) is 0.222. The van der Waals surface area contributed by atoms with Crippen molar-refractivity contribution in [2.75, 3.05) is 13.1 Å². The average molecular weight is 402 g/mol. The van der Waals surface area contributed by atoms with E-state index in [-0.39, 0.29) is 17.8 Å². The Kier molecular flexibility index (Phi) is 4.79. The van der Waals surface area contributed by atoms with Crippen LogP contribution in [0.3, 0.4) is 0 Å². The highest BCUT2D eigenvalue weighted by atomic mass is 32.2. The van der Waals surface area contributed by atoms with E-state index in [9.17, 15) is 14.0 Å². The molecule has 1 saturated heterocycles. The van der Waals surface area contributed by atoms with Gasteiger partial charge in [-0.1, -0.05) is 23.9 Å². The molecule has 9 heteroatoms. The first-order valence-corrected chi connectivity index (χ1v) is 9.99. The summed E-state index contributed by atoms with van der Waals surface area (Å²) in [6.07, 6.45) is 1.46. The number of imide groups is 1. The smallest absolute Gasteiger partial charge is 0.324 e. The van der Waals surface area contributed by atoms with E-state index in [1.165, 1.54) is 46.5 Å². The molecule has 1 unspecified atom stereocenters. The normalized spacial score (nSPS) is 15.2. The van der Waals surface area contributed by atoms with Crippen molar-refractivity contribution in [3.8, 4) is 10.4 Å². The van der Waals surface area contributed by atoms with Gasteiger partial charge in [0, 0.05) is 18.0 Å². The Morgan fingerprint density at radius 1 is 1.33 bits per heavy atom. The first-order chi connectivity index (χ1) is 13.0. The summed E-state index contributed by atoms with van der Waals surface area (Å²) in [6, 6.07) is 7.86. The molecule has 4 rings (SSSR count). The van der Waals surface area contributed by atoms with Gasteiger partial charge in [0.25, 0.3) is 0 Å². The van der Waals surface area contributed by atoms with Gasteiger partial charge >= 0.3 is 6.03 Å². The van der Waals surface area contributed by atoms with Crippen molar-refractivity contribution < 1.29 is 14.0 Å². The lowest BCUT2D eigenvalue weighted by Crippen LogP contribution is -2.38. The zero-order valence-corrected chi connectivity index (χ0v) is 15.9. The van der Waals surface area contributed by atoms with Crippen LogP contribution >= 0.6 is 23.1 Å². The number of amides is 3. The van der Waals surface area contributed by atoms with E-state index in [0.29, 0.717) is 18.1 Å². The fourth-order valence-corrected chi connectivity index (χ4v) is 4.94. The van der Waals surface area contributed by atoms with Crippen molar-refractivity contribution in [3.63, 3.8) is 0 Å². The molecule has 0 bridgehead atoms. The summed E-state index contributed by atoms with van der Waals surface area (Å²) in [4.78, 5) is 35.0. The van der Waals surface area contributed by atoms with E-state index in [1.807, 2.05) is 6.07 Å². The zero-order chi connectivity index (χ0) is 19.0. The van der Waals surface area contributed by atoms with Crippen molar-refractivity contribution in [3.05, 3.63) is 42.5 Å². The SMILES string of the molecule is CC(Sc1ncnc2cc(-c3ccc(F)cc3)sc12)C(=O)N1CCNC1=O. The van der Waals surface area contributed by atoms with Gasteiger partial charge in [-0.2, -0.15) is 0 Å². The number of halogens is 1. The minimum Gasteiger partial charge on any atom is -0.336 e. The number of aromatic nitrogens is 2. The Balaban J connectivity index is 1.61. The third-order valence-corrected chi connectivity index (χ3v) is 6.56. The van der Waals surface area contributed by atoms with Gasteiger partial charge in [-0.05, 0) is 30.7 Å². The van der Waals surface area contributed by atoms with Gasteiger partial charge < -0.3 is 5.32 Å². The maximum atomic E-state index is 13.2. The van der Waals surface area contributed by atoms with Gasteiger partial charge in [0.2, 0.25) is 5.91 Å². The van der Waals surface area contributed by atoms with E-state index in [0.717, 1.165) is 20.7 Å². The van der Waals surface area contributed by atoms with E-state index in [2.05, 4.69) is 15.3 Å². The monoisotopic (exact) mass is 402 g/mol. The van der Waals surface area contributed by atoms with Crippen LogP contribution in [0.25, 0.3) is 20.7 Å². The third-order valence-electron chi connectivity index (χ3n) is 4.17. The number of thioether (sulfide) groups is 1. The minimum atomic E-state index is -0.455. The number of hydrogen-bond donors (Lipinski definition) is 1. The second-order valence-electron chi connectivity index (χ2n) is 5.99. The summed E-state index contributed by atoms with van der Waals surface area (Å²) in [5.41, 5.74) is 1.67. The van der Waals surface area contributed by atoms with Crippen molar-refractivity contribution in [1.29, 1.82) is 0 Å². The van der Waals surface area contributed by atoms with Crippen molar-refractivity contribution in [2.45, 2.75) is 17.2 Å². The topological polar surface area (TPSA) is 75.2 Å². The number of nitrogens with zero attached hydrogens (tertiary/aromatic N) is 3. The number of fused-ring (bicyclic) bond motifs is 1. The molecule has 27 heavy (non-hydrogen) atoms. The molecule has 6 nitrogen and oxygen atoms in total. The van der Waals surface area contributed by atoms with E-state index in [1.54, 1.807) is 19.1 Å². The van der Waals surface area contributed by atoms with E-state index in [4.69, 9.17) is 0 Å². The van der Waals surface area contributed by atoms with Crippen LogP contribution in [0.1, 0.15) is 6.92 Å². The second kappa shape index (κ2) is 7.24. The summed E-state index contributed by atoms with van der Waals surface area (Å²) in [7, 11) is 0. The molecular formula is C18H15FN4O2S2. The Hall–Kier alpha value is -2.52. The van der Waals surface area contributed by atoms with Gasteiger partial charge in [0.1, 0.15) is 17.2 Å². The summed E-state index contributed by atoms with van der Waals surface area (Å²) >= 11 is 2.81. The Morgan fingerprint density at radius 3 is 2.81 bits per heavy atom. The van der Waals surface area contributed by atoms with Crippen LogP contribution in [-0.2, 0) is 4.79 Å². The lowest BCUT2D eigenvalue weighted by molar-refractivity contribution is -0.126. The molecule has 3 aromatic rings. The molecule has 3 heterocycles. The Morgan fingerprint density at radius 2 is 2.11 bits per heavy atom. The van der Waals surface area contributed by atoms with Crippen molar-refractivity contribution in [1.82, 2.24) is 20.2 Å². The Bertz CT molecular complexity index is 1020. The third kappa shape index (κ3) is 3.52. The molecule has 2 aromatic heterocycles. The molecular weight excluding hydrogens is 387 g/mol. The summed E-state index contributed by atoms with van der Waals surface area (Å²) < 4.78 is 14.0. The van der Waals surface area contributed by atoms with Crippen LogP contribution in [0.5, 0.6) is 0 Å². The van der Waals surface area contributed by atoms with Gasteiger partial charge in [0.05, 0.1) is 15.5 Å². The molecule has 0 radical (unpaired) electrons. The average Bonchev–Trinajstić information content (AvgIpc) is 3.28. The maximum Gasteiger partial charge on any atom is 0.324 e. The maximum absolute atomic E-state index is 13.2. The van der Waals surface area contributed by atoms with E-state index >= 15 is 0 Å². The molecule has 138 valence electrons. The number of carbonyl (C=O) groups excluding carboxylic acids is 2. The van der Waals surface area contributed by atoms with E-state index < -0.39 is 5.25 Å². The molecule has 1 atom stereocenters. The molecule has 0 aliphatic carbocycles. The quantitative estimate of drug-likeness (QED) is 0.534. The van der Waals surface area contributed by atoms with Crippen molar-refractivity contribution >= 4 is 45.3 Å². The van der Waals surface area contributed by atoms with Crippen LogP contribution < -0.4 is 5.32 Å². The molecule has 3 amide bonds. The second-order valence-corrected chi connectivity index (χ2v) is 8.37. The molecule has 0 spiro atoms. The lowest BCUT2D eigenvalue weighted by Gasteiger charge is -2.17. The minimum absolute atomic E-state index is 0.239. The van der Waals surface area contributed by atoms with Gasteiger partial charge in [0.15, 0.2) is 0 Å². The summed E-state index contributed by atoms with van der Waals surface area (Å²) in [5.74, 6) is -0.522. The number of nitrogens with one attached hydrogen (secondary N) is 1. The fourth-order valence-electron chi connectivity index (χ4n) is 2.79. The predicted molar refractivity (Wildman–Crippen MR) is 103 cm³/mol. The molecule has 0 saturated carbocycles. The highest BCUT2D eigenvalue weighted by molar-refractivity contribution is 8.00. The molecule has 1 fully saturated rings. The number of rotatable bonds is 4. The van der Waals surface area contributed by atoms with Crippen LogP contribution in [0.4, 0.5) is 9.18 Å². The molecule has 1 aliphatic heterocycles. The Labute approximate surface area is 162 Å².